The number of pyridine rings is 1. The summed E-state index contributed by atoms with van der Waals surface area (Å²) in [5, 5.41) is 3.41. The van der Waals surface area contributed by atoms with E-state index in [0.717, 1.165) is 24.6 Å². The third kappa shape index (κ3) is 3.37. The van der Waals surface area contributed by atoms with Crippen molar-refractivity contribution >= 4 is 11.4 Å². The third-order valence-electron chi connectivity index (χ3n) is 3.65. The number of rotatable bonds is 6. The van der Waals surface area contributed by atoms with Crippen molar-refractivity contribution in [1.29, 1.82) is 0 Å². The van der Waals surface area contributed by atoms with Crippen molar-refractivity contribution in [1.82, 2.24) is 4.98 Å². The molecule has 2 heterocycles. The van der Waals surface area contributed by atoms with Crippen LogP contribution in [0.15, 0.2) is 18.5 Å². The third-order valence-corrected chi connectivity index (χ3v) is 3.65. The lowest BCUT2D eigenvalue weighted by atomic mass is 10.0. The summed E-state index contributed by atoms with van der Waals surface area (Å²) in [5.41, 5.74) is 2.42. The van der Waals surface area contributed by atoms with Crippen LogP contribution in [-0.4, -0.2) is 24.6 Å². The molecule has 0 bridgehead atoms. The second-order valence-electron chi connectivity index (χ2n) is 5.25. The summed E-state index contributed by atoms with van der Waals surface area (Å²) in [6, 6.07) is 2.23. The molecule has 18 heavy (non-hydrogen) atoms. The van der Waals surface area contributed by atoms with Crippen LogP contribution in [0.2, 0.25) is 0 Å². The summed E-state index contributed by atoms with van der Waals surface area (Å²) >= 11 is 0. The van der Waals surface area contributed by atoms with Crippen LogP contribution in [0.1, 0.15) is 39.5 Å². The van der Waals surface area contributed by atoms with Gasteiger partial charge in [0.05, 0.1) is 23.8 Å². The van der Waals surface area contributed by atoms with Gasteiger partial charge in [-0.25, -0.2) is 0 Å². The van der Waals surface area contributed by atoms with Crippen molar-refractivity contribution in [2.45, 2.75) is 39.5 Å². The molecule has 1 aliphatic rings. The summed E-state index contributed by atoms with van der Waals surface area (Å²) in [7, 11) is 0. The second kappa shape index (κ2) is 6.62. The van der Waals surface area contributed by atoms with Crippen LogP contribution in [0.5, 0.6) is 0 Å². The predicted molar refractivity (Wildman–Crippen MR) is 78.2 cm³/mol. The lowest BCUT2D eigenvalue weighted by Gasteiger charge is -2.19. The van der Waals surface area contributed by atoms with E-state index in [-0.39, 0.29) is 0 Å². The minimum Gasteiger partial charge on any atom is -0.384 e. The quantitative estimate of drug-likeness (QED) is 0.833. The molecule has 1 atom stereocenters. The van der Waals surface area contributed by atoms with E-state index in [2.05, 4.69) is 35.1 Å². The number of nitrogens with zero attached hydrogens (tertiary/aromatic N) is 2. The van der Waals surface area contributed by atoms with E-state index < -0.39 is 0 Å². The molecular formula is C15H25N3. The number of nitrogens with one attached hydrogen (secondary N) is 1. The fourth-order valence-corrected chi connectivity index (χ4v) is 2.68. The lowest BCUT2D eigenvalue weighted by molar-refractivity contribution is 0.530. The first-order valence-electron chi connectivity index (χ1n) is 7.27. The standard InChI is InChI=1S/C15H25N3/c1-3-5-13-6-8-18(12-13)15-9-14(10-16-11-15)17-7-4-2/h9-11,13,17H,3-8,12H2,1-2H3. The van der Waals surface area contributed by atoms with Gasteiger partial charge in [0.15, 0.2) is 0 Å². The number of hydrogen-bond acceptors (Lipinski definition) is 3. The molecule has 0 aliphatic carbocycles. The average Bonchev–Trinajstić information content (AvgIpc) is 2.86. The van der Waals surface area contributed by atoms with E-state index in [1.807, 2.05) is 12.4 Å². The molecule has 0 aromatic carbocycles. The van der Waals surface area contributed by atoms with Gasteiger partial charge in [-0.05, 0) is 31.2 Å². The fraction of sp³-hybridized carbons (Fsp3) is 0.667. The maximum atomic E-state index is 4.35. The highest BCUT2D eigenvalue weighted by molar-refractivity contribution is 5.56. The van der Waals surface area contributed by atoms with Gasteiger partial charge in [-0.15, -0.1) is 0 Å². The zero-order valence-electron chi connectivity index (χ0n) is 11.7. The van der Waals surface area contributed by atoms with Crippen molar-refractivity contribution in [2.24, 2.45) is 5.92 Å². The summed E-state index contributed by atoms with van der Waals surface area (Å²) in [6.07, 6.45) is 9.05. The van der Waals surface area contributed by atoms with E-state index in [1.165, 1.54) is 38.0 Å². The first-order valence-corrected chi connectivity index (χ1v) is 7.27. The molecule has 1 aromatic rings. The molecule has 1 aromatic heterocycles. The van der Waals surface area contributed by atoms with Crippen molar-refractivity contribution < 1.29 is 0 Å². The zero-order valence-corrected chi connectivity index (χ0v) is 11.7. The Labute approximate surface area is 111 Å². The highest BCUT2D eigenvalue weighted by Crippen LogP contribution is 2.27. The van der Waals surface area contributed by atoms with Gasteiger partial charge >= 0.3 is 0 Å². The van der Waals surface area contributed by atoms with Crippen LogP contribution in [0, 0.1) is 5.92 Å². The van der Waals surface area contributed by atoms with Crippen molar-refractivity contribution in [2.75, 3.05) is 29.9 Å². The van der Waals surface area contributed by atoms with Crippen molar-refractivity contribution in [3.63, 3.8) is 0 Å². The molecule has 1 saturated heterocycles. The lowest BCUT2D eigenvalue weighted by Crippen LogP contribution is -2.20. The molecule has 3 heteroatoms. The van der Waals surface area contributed by atoms with Gasteiger partial charge in [-0.1, -0.05) is 20.3 Å². The topological polar surface area (TPSA) is 28.2 Å². The Kier molecular flexibility index (Phi) is 4.85. The van der Waals surface area contributed by atoms with Crippen LogP contribution >= 0.6 is 0 Å². The van der Waals surface area contributed by atoms with E-state index in [1.54, 1.807) is 0 Å². The number of anilines is 2. The molecule has 1 fully saturated rings. The molecule has 1 aliphatic heterocycles. The SMILES string of the molecule is CCCNc1cncc(N2CCC(CCC)C2)c1. The molecule has 3 nitrogen and oxygen atoms in total. The smallest absolute Gasteiger partial charge is 0.0573 e. The average molecular weight is 247 g/mol. The minimum atomic E-state index is 0.877. The maximum absolute atomic E-state index is 4.35. The molecule has 100 valence electrons. The first-order chi connectivity index (χ1) is 8.83. The number of hydrogen-bond donors (Lipinski definition) is 1. The second-order valence-corrected chi connectivity index (χ2v) is 5.25. The van der Waals surface area contributed by atoms with Gasteiger partial charge in [-0.2, -0.15) is 0 Å². The predicted octanol–water partition coefficient (Wildman–Crippen LogP) is 3.53. The normalized spacial score (nSPS) is 19.2. The Morgan fingerprint density at radius 2 is 2.22 bits per heavy atom. The summed E-state index contributed by atoms with van der Waals surface area (Å²) in [5.74, 6) is 0.877. The van der Waals surface area contributed by atoms with Crippen LogP contribution < -0.4 is 10.2 Å². The van der Waals surface area contributed by atoms with E-state index in [0.29, 0.717) is 0 Å². The van der Waals surface area contributed by atoms with Crippen LogP contribution in [0.4, 0.5) is 11.4 Å². The Bertz CT molecular complexity index is 365. The Morgan fingerprint density at radius 1 is 1.33 bits per heavy atom. The van der Waals surface area contributed by atoms with E-state index in [9.17, 15) is 0 Å². The van der Waals surface area contributed by atoms with Gasteiger partial charge < -0.3 is 10.2 Å². The molecule has 2 rings (SSSR count). The van der Waals surface area contributed by atoms with Gasteiger partial charge in [0.1, 0.15) is 0 Å². The minimum absolute atomic E-state index is 0.877. The monoisotopic (exact) mass is 247 g/mol. The molecule has 1 N–H and O–H groups in total. The van der Waals surface area contributed by atoms with Crippen molar-refractivity contribution in [3.05, 3.63) is 18.5 Å². The van der Waals surface area contributed by atoms with E-state index >= 15 is 0 Å². The van der Waals surface area contributed by atoms with Crippen molar-refractivity contribution in [3.8, 4) is 0 Å². The number of aromatic nitrogens is 1. The molecule has 0 spiro atoms. The zero-order chi connectivity index (χ0) is 12.8. The highest BCUT2D eigenvalue weighted by Gasteiger charge is 2.22. The highest BCUT2D eigenvalue weighted by atomic mass is 15.2. The van der Waals surface area contributed by atoms with Crippen LogP contribution in [0.25, 0.3) is 0 Å². The molecule has 0 radical (unpaired) electrons. The largest absolute Gasteiger partial charge is 0.384 e. The fourth-order valence-electron chi connectivity index (χ4n) is 2.68. The van der Waals surface area contributed by atoms with Gasteiger partial charge in [0.25, 0.3) is 0 Å². The Morgan fingerprint density at radius 3 is 3.00 bits per heavy atom. The summed E-state index contributed by atoms with van der Waals surface area (Å²) < 4.78 is 0. The van der Waals surface area contributed by atoms with Gasteiger partial charge in [-0.3, -0.25) is 4.98 Å². The Balaban J connectivity index is 1.96. The van der Waals surface area contributed by atoms with E-state index in [4.69, 9.17) is 0 Å². The van der Waals surface area contributed by atoms with Crippen LogP contribution in [0.3, 0.4) is 0 Å². The summed E-state index contributed by atoms with van der Waals surface area (Å²) in [6.45, 7) is 7.86. The maximum Gasteiger partial charge on any atom is 0.0573 e. The first kappa shape index (κ1) is 13.2. The van der Waals surface area contributed by atoms with Crippen LogP contribution in [-0.2, 0) is 0 Å². The Hall–Kier alpha value is -1.25. The molecular weight excluding hydrogens is 222 g/mol. The summed E-state index contributed by atoms with van der Waals surface area (Å²) in [4.78, 5) is 6.83. The molecule has 1 unspecified atom stereocenters. The molecule has 0 saturated carbocycles. The van der Waals surface area contributed by atoms with Gasteiger partial charge in [0, 0.05) is 19.6 Å². The van der Waals surface area contributed by atoms with Gasteiger partial charge in [0.2, 0.25) is 0 Å². The molecule has 0 amide bonds.